The zero-order valence-corrected chi connectivity index (χ0v) is 16.1. The van der Waals surface area contributed by atoms with Crippen LogP contribution in [0, 0.1) is 0 Å². The molecular weight excluding hydrogens is 368 g/mol. The monoisotopic (exact) mass is 390 g/mol. The van der Waals surface area contributed by atoms with Gasteiger partial charge in [0.2, 0.25) is 10.0 Å². The highest BCUT2D eigenvalue weighted by atomic mass is 32.2. The Bertz CT molecular complexity index is 925. The fraction of sp³-hybridized carbons (Fsp3) is 0.222. The second-order valence-corrected chi connectivity index (χ2v) is 7.87. The highest BCUT2D eigenvalue weighted by Gasteiger charge is 2.14. The van der Waals surface area contributed by atoms with Crippen molar-refractivity contribution in [3.05, 3.63) is 54.1 Å². The first-order chi connectivity index (χ1) is 12.7. The predicted octanol–water partition coefficient (Wildman–Crippen LogP) is 2.38. The van der Waals surface area contributed by atoms with Crippen molar-refractivity contribution in [2.75, 3.05) is 17.7 Å². The van der Waals surface area contributed by atoms with Gasteiger partial charge in [-0.2, -0.15) is 0 Å². The number of carbonyl (C=O) groups excluding carboxylic acids is 2. The molecule has 0 spiro atoms. The summed E-state index contributed by atoms with van der Waals surface area (Å²) in [6, 6.07) is 11.9. The minimum absolute atomic E-state index is 0.0286. The summed E-state index contributed by atoms with van der Waals surface area (Å²) in [6.45, 7) is 3.68. The van der Waals surface area contributed by atoms with Crippen LogP contribution in [0.5, 0.6) is 0 Å². The summed E-state index contributed by atoms with van der Waals surface area (Å²) < 4.78 is 25.7. The lowest BCUT2D eigenvalue weighted by Gasteiger charge is -2.14. The van der Waals surface area contributed by atoms with Crippen molar-refractivity contribution >= 4 is 33.3 Å². The van der Waals surface area contributed by atoms with Crippen molar-refractivity contribution in [2.24, 2.45) is 0 Å². The van der Waals surface area contributed by atoms with Crippen LogP contribution in [0.25, 0.3) is 0 Å². The lowest BCUT2D eigenvalue weighted by molar-refractivity contribution is 0.102. The van der Waals surface area contributed by atoms with Crippen LogP contribution in [0.15, 0.2) is 53.4 Å². The third-order valence-electron chi connectivity index (χ3n) is 3.54. The molecule has 0 atom stereocenters. The maximum absolute atomic E-state index is 12.5. The van der Waals surface area contributed by atoms with Crippen molar-refractivity contribution in [2.45, 2.75) is 24.8 Å². The molecule has 0 radical (unpaired) electrons. The lowest BCUT2D eigenvalue weighted by atomic mass is 10.2. The summed E-state index contributed by atoms with van der Waals surface area (Å²) in [5.74, 6) is -0.429. The number of amides is 3. The lowest BCUT2D eigenvalue weighted by Crippen LogP contribution is -2.34. The van der Waals surface area contributed by atoms with E-state index in [9.17, 15) is 18.0 Å². The third kappa shape index (κ3) is 5.53. The van der Waals surface area contributed by atoms with E-state index in [1.807, 2.05) is 13.8 Å². The maximum Gasteiger partial charge on any atom is 0.319 e. The summed E-state index contributed by atoms with van der Waals surface area (Å²) in [7, 11) is -2.25. The minimum Gasteiger partial charge on any atom is -0.336 e. The summed E-state index contributed by atoms with van der Waals surface area (Å²) in [4.78, 5) is 24.4. The fourth-order valence-corrected chi connectivity index (χ4v) is 2.95. The SMILES string of the molecule is CNS(=O)(=O)c1ccc(C(=O)Nc2ccccc2NC(=O)NC(C)C)cc1. The normalized spacial score (nSPS) is 11.1. The van der Waals surface area contributed by atoms with Gasteiger partial charge in [-0.25, -0.2) is 17.9 Å². The Hall–Kier alpha value is -2.91. The molecule has 0 aliphatic carbocycles. The molecule has 0 aliphatic heterocycles. The van der Waals surface area contributed by atoms with Crippen LogP contribution in [0.3, 0.4) is 0 Å². The van der Waals surface area contributed by atoms with Crippen LogP contribution in [-0.2, 0) is 10.0 Å². The average Bonchev–Trinajstić information content (AvgIpc) is 2.62. The van der Waals surface area contributed by atoms with Gasteiger partial charge in [-0.1, -0.05) is 12.1 Å². The highest BCUT2D eigenvalue weighted by molar-refractivity contribution is 7.89. The van der Waals surface area contributed by atoms with Gasteiger partial charge in [0.25, 0.3) is 5.91 Å². The van der Waals surface area contributed by atoms with Crippen LogP contribution in [-0.4, -0.2) is 33.4 Å². The van der Waals surface area contributed by atoms with E-state index in [0.29, 0.717) is 11.4 Å². The Labute approximate surface area is 158 Å². The zero-order valence-electron chi connectivity index (χ0n) is 15.2. The first-order valence-electron chi connectivity index (χ1n) is 8.24. The van der Waals surface area contributed by atoms with Gasteiger partial charge in [-0.3, -0.25) is 4.79 Å². The molecular formula is C18H22N4O4S. The molecule has 0 aliphatic rings. The Morgan fingerprint density at radius 2 is 1.44 bits per heavy atom. The molecule has 0 aromatic heterocycles. The van der Waals surface area contributed by atoms with E-state index in [-0.39, 0.29) is 22.5 Å². The van der Waals surface area contributed by atoms with Crippen molar-refractivity contribution in [1.82, 2.24) is 10.0 Å². The molecule has 2 rings (SSSR count). The Kier molecular flexibility index (Phi) is 6.54. The van der Waals surface area contributed by atoms with E-state index in [1.54, 1.807) is 24.3 Å². The molecule has 0 saturated carbocycles. The summed E-state index contributed by atoms with van der Waals surface area (Å²) in [5.41, 5.74) is 1.15. The average molecular weight is 390 g/mol. The summed E-state index contributed by atoms with van der Waals surface area (Å²) >= 11 is 0. The molecule has 0 heterocycles. The summed E-state index contributed by atoms with van der Waals surface area (Å²) in [6.07, 6.45) is 0. The number of anilines is 2. The van der Waals surface area contributed by atoms with Gasteiger partial charge in [0.1, 0.15) is 0 Å². The number of benzene rings is 2. The van der Waals surface area contributed by atoms with Crippen molar-refractivity contribution in [1.29, 1.82) is 0 Å². The third-order valence-corrected chi connectivity index (χ3v) is 4.97. The molecule has 9 heteroatoms. The Balaban J connectivity index is 2.15. The fourth-order valence-electron chi connectivity index (χ4n) is 2.22. The number of para-hydroxylation sites is 2. The standard InChI is InChI=1S/C18H22N4O4S/c1-12(2)20-18(24)22-16-7-5-4-6-15(16)21-17(23)13-8-10-14(11-9-13)27(25,26)19-3/h4-12,19H,1-3H3,(H,21,23)(H2,20,22,24). The van der Waals surface area contributed by atoms with Crippen molar-refractivity contribution in [3.63, 3.8) is 0 Å². The molecule has 0 bridgehead atoms. The first-order valence-corrected chi connectivity index (χ1v) is 9.73. The molecule has 0 unspecified atom stereocenters. The second kappa shape index (κ2) is 8.65. The van der Waals surface area contributed by atoms with Crippen LogP contribution >= 0.6 is 0 Å². The second-order valence-electron chi connectivity index (χ2n) is 5.98. The van der Waals surface area contributed by atoms with Gasteiger partial charge in [-0.05, 0) is 57.3 Å². The Morgan fingerprint density at radius 1 is 0.889 bits per heavy atom. The smallest absolute Gasteiger partial charge is 0.319 e. The van der Waals surface area contributed by atoms with E-state index in [4.69, 9.17) is 0 Å². The van der Waals surface area contributed by atoms with Gasteiger partial charge in [0, 0.05) is 11.6 Å². The number of hydrogen-bond donors (Lipinski definition) is 4. The topological polar surface area (TPSA) is 116 Å². The first kappa shape index (κ1) is 20.4. The molecule has 0 saturated heterocycles. The van der Waals surface area contributed by atoms with E-state index >= 15 is 0 Å². The van der Waals surface area contributed by atoms with Gasteiger partial charge < -0.3 is 16.0 Å². The van der Waals surface area contributed by atoms with Gasteiger partial charge in [0.15, 0.2) is 0 Å². The molecule has 2 aromatic rings. The van der Waals surface area contributed by atoms with Crippen LogP contribution in [0.4, 0.5) is 16.2 Å². The van der Waals surface area contributed by atoms with E-state index in [1.165, 1.54) is 31.3 Å². The number of nitrogens with one attached hydrogen (secondary N) is 4. The van der Waals surface area contributed by atoms with E-state index in [0.717, 1.165) is 0 Å². The van der Waals surface area contributed by atoms with Crippen molar-refractivity contribution in [3.8, 4) is 0 Å². The number of carbonyl (C=O) groups is 2. The van der Waals surface area contributed by atoms with Crippen molar-refractivity contribution < 1.29 is 18.0 Å². The quantitative estimate of drug-likeness (QED) is 0.606. The van der Waals surface area contributed by atoms with Gasteiger partial charge in [-0.15, -0.1) is 0 Å². The number of rotatable bonds is 6. The predicted molar refractivity (Wildman–Crippen MR) is 104 cm³/mol. The van der Waals surface area contributed by atoms with E-state index < -0.39 is 15.9 Å². The molecule has 27 heavy (non-hydrogen) atoms. The van der Waals surface area contributed by atoms with E-state index in [2.05, 4.69) is 20.7 Å². The van der Waals surface area contributed by atoms with Gasteiger partial charge >= 0.3 is 6.03 Å². The number of urea groups is 1. The van der Waals surface area contributed by atoms with Crippen LogP contribution in [0.1, 0.15) is 24.2 Å². The minimum atomic E-state index is -3.57. The van der Waals surface area contributed by atoms with Crippen LogP contribution in [0.2, 0.25) is 0 Å². The highest BCUT2D eigenvalue weighted by Crippen LogP contribution is 2.22. The molecule has 3 amide bonds. The molecule has 2 aromatic carbocycles. The molecule has 4 N–H and O–H groups in total. The van der Waals surface area contributed by atoms with Crippen LogP contribution < -0.4 is 20.7 Å². The largest absolute Gasteiger partial charge is 0.336 e. The Morgan fingerprint density at radius 3 is 1.96 bits per heavy atom. The molecule has 0 fully saturated rings. The number of hydrogen-bond acceptors (Lipinski definition) is 4. The molecule has 144 valence electrons. The summed E-state index contributed by atoms with van der Waals surface area (Å²) in [5, 5.41) is 8.10. The molecule has 8 nitrogen and oxygen atoms in total. The zero-order chi connectivity index (χ0) is 20.0. The number of sulfonamides is 1. The maximum atomic E-state index is 12.5. The van der Waals surface area contributed by atoms with Gasteiger partial charge in [0.05, 0.1) is 16.3 Å².